The lowest BCUT2D eigenvalue weighted by atomic mass is 9.93. The van der Waals surface area contributed by atoms with Gasteiger partial charge in [0.1, 0.15) is 0 Å². The summed E-state index contributed by atoms with van der Waals surface area (Å²) >= 11 is 0. The largest absolute Gasteiger partial charge is 0.481 e. The number of β-amino-alcohol motifs (C(OH)–C–C–N with tert-alkyl or cyclic N) is 1. The van der Waals surface area contributed by atoms with Crippen LogP contribution in [0, 0.1) is 5.92 Å². The number of aliphatic carboxylic acids is 1. The van der Waals surface area contributed by atoms with E-state index in [1.165, 1.54) is 0 Å². The highest BCUT2D eigenvalue weighted by Gasteiger charge is 2.22. The Morgan fingerprint density at radius 1 is 1.47 bits per heavy atom. The van der Waals surface area contributed by atoms with Gasteiger partial charge < -0.3 is 19.8 Å². The maximum Gasteiger partial charge on any atom is 0.303 e. The van der Waals surface area contributed by atoms with Crippen molar-refractivity contribution in [1.29, 1.82) is 0 Å². The van der Waals surface area contributed by atoms with Gasteiger partial charge in [-0.1, -0.05) is 0 Å². The van der Waals surface area contributed by atoms with Gasteiger partial charge in [-0.2, -0.15) is 0 Å². The second-order valence-electron chi connectivity index (χ2n) is 4.66. The predicted octanol–water partition coefficient (Wildman–Crippen LogP) is 0.570. The molecule has 0 saturated carbocycles. The van der Waals surface area contributed by atoms with Crippen LogP contribution in [0.15, 0.2) is 0 Å². The van der Waals surface area contributed by atoms with Crippen LogP contribution in [0.5, 0.6) is 0 Å². The Balaban J connectivity index is 2.16. The van der Waals surface area contributed by atoms with Gasteiger partial charge in [-0.3, -0.25) is 4.79 Å². The maximum absolute atomic E-state index is 10.6. The highest BCUT2D eigenvalue weighted by atomic mass is 16.5. The van der Waals surface area contributed by atoms with Crippen LogP contribution in [0.3, 0.4) is 0 Å². The van der Waals surface area contributed by atoms with E-state index in [0.29, 0.717) is 25.7 Å². The molecule has 1 rings (SSSR count). The quantitative estimate of drug-likeness (QED) is 0.686. The average molecular weight is 245 g/mol. The summed E-state index contributed by atoms with van der Waals surface area (Å²) in [5.74, 6) is -0.410. The van der Waals surface area contributed by atoms with Crippen LogP contribution in [-0.4, -0.2) is 60.0 Å². The molecule has 1 fully saturated rings. The first kappa shape index (κ1) is 14.4. The fourth-order valence-electron chi connectivity index (χ4n) is 2.22. The molecule has 0 aromatic carbocycles. The Bertz CT molecular complexity index is 227. The molecule has 1 unspecified atom stereocenters. The summed E-state index contributed by atoms with van der Waals surface area (Å²) in [4.78, 5) is 12.8. The summed E-state index contributed by atoms with van der Waals surface area (Å²) in [6, 6.07) is 0. The zero-order valence-corrected chi connectivity index (χ0v) is 10.5. The maximum atomic E-state index is 10.6. The summed E-state index contributed by atoms with van der Waals surface area (Å²) in [5, 5.41) is 18.4. The minimum Gasteiger partial charge on any atom is -0.481 e. The van der Waals surface area contributed by atoms with Gasteiger partial charge in [0.25, 0.3) is 0 Å². The lowest BCUT2D eigenvalue weighted by Gasteiger charge is -2.32. The number of ether oxygens (including phenoxy) is 1. The number of piperidine rings is 1. The summed E-state index contributed by atoms with van der Waals surface area (Å²) in [5.41, 5.74) is 0. The standard InChI is InChI=1S/C12H23NO4/c1-2-17-9-11(14)8-13-5-3-10(4-6-13)7-12(15)16/h10-11,14H,2-9H2,1H3,(H,15,16). The smallest absolute Gasteiger partial charge is 0.303 e. The van der Waals surface area contributed by atoms with Gasteiger partial charge in [0.15, 0.2) is 0 Å². The van der Waals surface area contributed by atoms with Gasteiger partial charge in [-0.05, 0) is 38.8 Å². The monoisotopic (exact) mass is 245 g/mol. The SMILES string of the molecule is CCOCC(O)CN1CCC(CC(=O)O)CC1. The number of hydrogen-bond acceptors (Lipinski definition) is 4. The van der Waals surface area contributed by atoms with Crippen molar-refractivity contribution in [1.82, 2.24) is 4.90 Å². The molecule has 1 aliphatic heterocycles. The first-order chi connectivity index (χ1) is 8.11. The van der Waals surface area contributed by atoms with Crippen LogP contribution >= 0.6 is 0 Å². The van der Waals surface area contributed by atoms with E-state index in [0.717, 1.165) is 25.9 Å². The summed E-state index contributed by atoms with van der Waals surface area (Å²) in [6.07, 6.45) is 1.65. The Kier molecular flexibility index (Phi) is 6.47. The molecule has 0 aromatic rings. The van der Waals surface area contributed by atoms with Crippen LogP contribution in [0.4, 0.5) is 0 Å². The van der Waals surface area contributed by atoms with Gasteiger partial charge in [0, 0.05) is 19.6 Å². The number of aliphatic hydroxyl groups is 1. The normalized spacial score (nSPS) is 20.4. The third-order valence-corrected chi connectivity index (χ3v) is 3.15. The summed E-state index contributed by atoms with van der Waals surface area (Å²) in [6.45, 7) is 5.29. The molecule has 2 N–H and O–H groups in total. The van der Waals surface area contributed by atoms with Crippen LogP contribution in [0.1, 0.15) is 26.2 Å². The van der Waals surface area contributed by atoms with E-state index in [9.17, 15) is 9.90 Å². The fraction of sp³-hybridized carbons (Fsp3) is 0.917. The molecule has 0 aromatic heterocycles. The molecular weight excluding hydrogens is 222 g/mol. The van der Waals surface area contributed by atoms with Crippen molar-refractivity contribution in [2.45, 2.75) is 32.3 Å². The molecule has 0 bridgehead atoms. The highest BCUT2D eigenvalue weighted by Crippen LogP contribution is 2.20. The Labute approximate surface area is 102 Å². The lowest BCUT2D eigenvalue weighted by molar-refractivity contribution is -0.138. The number of carboxylic acids is 1. The van der Waals surface area contributed by atoms with E-state index in [2.05, 4.69) is 4.90 Å². The van der Waals surface area contributed by atoms with Crippen LogP contribution in [-0.2, 0) is 9.53 Å². The molecule has 0 amide bonds. The van der Waals surface area contributed by atoms with Crippen molar-refractivity contribution in [3.8, 4) is 0 Å². The number of hydrogen-bond donors (Lipinski definition) is 2. The Hall–Kier alpha value is -0.650. The molecule has 17 heavy (non-hydrogen) atoms. The molecule has 0 aliphatic carbocycles. The van der Waals surface area contributed by atoms with E-state index >= 15 is 0 Å². The molecule has 1 saturated heterocycles. The van der Waals surface area contributed by atoms with Crippen LogP contribution in [0.25, 0.3) is 0 Å². The Morgan fingerprint density at radius 2 is 2.12 bits per heavy atom. The third-order valence-electron chi connectivity index (χ3n) is 3.15. The third kappa shape index (κ3) is 6.00. The molecular formula is C12H23NO4. The minimum absolute atomic E-state index is 0.273. The first-order valence-electron chi connectivity index (χ1n) is 6.31. The van der Waals surface area contributed by atoms with Crippen molar-refractivity contribution in [2.24, 2.45) is 5.92 Å². The van der Waals surface area contributed by atoms with E-state index < -0.39 is 12.1 Å². The van der Waals surface area contributed by atoms with Gasteiger partial charge in [-0.25, -0.2) is 0 Å². The zero-order chi connectivity index (χ0) is 12.7. The molecule has 5 heteroatoms. The van der Waals surface area contributed by atoms with E-state index in [4.69, 9.17) is 9.84 Å². The van der Waals surface area contributed by atoms with E-state index in [1.54, 1.807) is 0 Å². The highest BCUT2D eigenvalue weighted by molar-refractivity contribution is 5.67. The second-order valence-corrected chi connectivity index (χ2v) is 4.66. The fourth-order valence-corrected chi connectivity index (χ4v) is 2.22. The average Bonchev–Trinajstić information content (AvgIpc) is 2.28. The Morgan fingerprint density at radius 3 is 2.65 bits per heavy atom. The minimum atomic E-state index is -0.708. The summed E-state index contributed by atoms with van der Waals surface area (Å²) < 4.78 is 5.16. The zero-order valence-electron chi connectivity index (χ0n) is 10.5. The predicted molar refractivity (Wildman–Crippen MR) is 63.9 cm³/mol. The number of nitrogens with zero attached hydrogens (tertiary/aromatic N) is 1. The molecule has 1 aliphatic rings. The topological polar surface area (TPSA) is 70.0 Å². The van der Waals surface area contributed by atoms with Crippen LogP contribution in [0.2, 0.25) is 0 Å². The number of likely N-dealkylation sites (tertiary alicyclic amines) is 1. The van der Waals surface area contributed by atoms with Gasteiger partial charge in [0.2, 0.25) is 0 Å². The molecule has 100 valence electrons. The lowest BCUT2D eigenvalue weighted by Crippen LogP contribution is -2.40. The van der Waals surface area contributed by atoms with Crippen LogP contribution < -0.4 is 0 Å². The molecule has 5 nitrogen and oxygen atoms in total. The van der Waals surface area contributed by atoms with Crippen molar-refractivity contribution >= 4 is 5.97 Å². The first-order valence-corrected chi connectivity index (χ1v) is 6.31. The van der Waals surface area contributed by atoms with Crippen molar-refractivity contribution in [3.05, 3.63) is 0 Å². The molecule has 1 heterocycles. The number of rotatable bonds is 7. The summed E-state index contributed by atoms with van der Waals surface area (Å²) in [7, 11) is 0. The van der Waals surface area contributed by atoms with Crippen molar-refractivity contribution < 1.29 is 19.7 Å². The van der Waals surface area contributed by atoms with Gasteiger partial charge in [0.05, 0.1) is 12.7 Å². The molecule has 1 atom stereocenters. The van der Waals surface area contributed by atoms with Crippen molar-refractivity contribution in [3.63, 3.8) is 0 Å². The second kappa shape index (κ2) is 7.63. The number of carboxylic acid groups (broad SMARTS) is 1. The molecule has 0 radical (unpaired) electrons. The van der Waals surface area contributed by atoms with Gasteiger partial charge in [-0.15, -0.1) is 0 Å². The molecule has 0 spiro atoms. The number of carbonyl (C=O) groups is 1. The van der Waals surface area contributed by atoms with Crippen molar-refractivity contribution in [2.75, 3.05) is 32.8 Å². The van der Waals surface area contributed by atoms with E-state index in [1.807, 2.05) is 6.92 Å². The number of aliphatic hydroxyl groups excluding tert-OH is 1. The van der Waals surface area contributed by atoms with E-state index in [-0.39, 0.29) is 6.42 Å². The van der Waals surface area contributed by atoms with Gasteiger partial charge >= 0.3 is 5.97 Å².